The first-order chi connectivity index (χ1) is 10.6. The van der Waals surface area contributed by atoms with Crippen molar-refractivity contribution in [1.29, 1.82) is 0 Å². The largest absolute Gasteiger partial charge is 0.279 e. The molecule has 0 atom stereocenters. The first-order valence-electron chi connectivity index (χ1n) is 6.26. The number of hydrazine groups is 1. The van der Waals surface area contributed by atoms with E-state index in [1.54, 1.807) is 12.1 Å². The number of benzene rings is 1. The van der Waals surface area contributed by atoms with Crippen LogP contribution in [-0.4, -0.2) is 26.8 Å². The van der Waals surface area contributed by atoms with Crippen molar-refractivity contribution in [2.24, 2.45) is 0 Å². The molecule has 0 unspecified atom stereocenters. The molecule has 0 fully saturated rings. The molecule has 2 amide bonds. The lowest BCUT2D eigenvalue weighted by atomic mass is 10.3. The van der Waals surface area contributed by atoms with E-state index in [9.17, 15) is 9.59 Å². The average molecular weight is 380 g/mol. The van der Waals surface area contributed by atoms with Gasteiger partial charge >= 0.3 is 0 Å². The van der Waals surface area contributed by atoms with Crippen LogP contribution in [0.2, 0.25) is 0 Å². The number of carbonyl (C=O) groups excluding carboxylic acids is 2. The highest BCUT2D eigenvalue weighted by Crippen LogP contribution is 2.21. The third-order valence-corrected chi connectivity index (χ3v) is 4.45. The van der Waals surface area contributed by atoms with Gasteiger partial charge in [-0.05, 0) is 40.2 Å². The number of aromatic nitrogens is 3. The van der Waals surface area contributed by atoms with Gasteiger partial charge in [0.05, 0.1) is 14.2 Å². The van der Waals surface area contributed by atoms with E-state index in [0.29, 0.717) is 10.4 Å². The number of halogens is 1. The first-order valence-corrected chi connectivity index (χ1v) is 7.87. The van der Waals surface area contributed by atoms with Crippen molar-refractivity contribution in [3.05, 3.63) is 45.1 Å². The highest BCUT2D eigenvalue weighted by Gasteiger charge is 2.11. The predicted molar refractivity (Wildman–Crippen MR) is 85.2 cm³/mol. The van der Waals surface area contributed by atoms with E-state index in [0.717, 1.165) is 9.30 Å². The number of nitrogens with one attached hydrogen (secondary N) is 2. The van der Waals surface area contributed by atoms with Gasteiger partial charge in [-0.2, -0.15) is 0 Å². The van der Waals surface area contributed by atoms with Gasteiger partial charge in [-0.25, -0.2) is 4.68 Å². The number of fused-ring (bicyclic) bond motifs is 1. The highest BCUT2D eigenvalue weighted by atomic mass is 79.9. The molecule has 0 radical (unpaired) electrons. The molecule has 3 rings (SSSR count). The molecule has 112 valence electrons. The Morgan fingerprint density at radius 1 is 1.18 bits per heavy atom. The molecule has 7 nitrogen and oxygen atoms in total. The van der Waals surface area contributed by atoms with Gasteiger partial charge in [0, 0.05) is 0 Å². The minimum absolute atomic E-state index is 0.0328. The lowest BCUT2D eigenvalue weighted by Crippen LogP contribution is -2.43. The van der Waals surface area contributed by atoms with E-state index < -0.39 is 0 Å². The lowest BCUT2D eigenvalue weighted by Gasteiger charge is -2.06. The summed E-state index contributed by atoms with van der Waals surface area (Å²) >= 11 is 4.56. The van der Waals surface area contributed by atoms with Crippen LogP contribution in [0.4, 0.5) is 0 Å². The molecule has 0 saturated carbocycles. The quantitative estimate of drug-likeness (QED) is 0.678. The van der Waals surface area contributed by atoms with Crippen LogP contribution in [0.15, 0.2) is 40.2 Å². The van der Waals surface area contributed by atoms with Gasteiger partial charge in [-0.3, -0.25) is 20.4 Å². The maximum Gasteiger partial charge on any atom is 0.279 e. The second kappa shape index (κ2) is 6.24. The van der Waals surface area contributed by atoms with Gasteiger partial charge in [0.25, 0.3) is 11.8 Å². The average Bonchev–Trinajstić information content (AvgIpc) is 3.12. The fourth-order valence-electron chi connectivity index (χ4n) is 1.83. The molecule has 2 aromatic heterocycles. The summed E-state index contributed by atoms with van der Waals surface area (Å²) in [5.74, 6) is -0.757. The monoisotopic (exact) mass is 379 g/mol. The van der Waals surface area contributed by atoms with Crippen LogP contribution in [-0.2, 0) is 11.3 Å². The Morgan fingerprint density at radius 3 is 2.77 bits per heavy atom. The molecule has 2 N–H and O–H groups in total. The normalized spacial score (nSPS) is 10.6. The summed E-state index contributed by atoms with van der Waals surface area (Å²) in [6, 6.07) is 10.8. The third kappa shape index (κ3) is 3.15. The lowest BCUT2D eigenvalue weighted by molar-refractivity contribution is -0.122. The Balaban J connectivity index is 1.60. The summed E-state index contributed by atoms with van der Waals surface area (Å²) in [7, 11) is 0. The third-order valence-electron chi connectivity index (χ3n) is 2.83. The van der Waals surface area contributed by atoms with Crippen LogP contribution in [0.3, 0.4) is 0 Å². The molecule has 1 aromatic carbocycles. The van der Waals surface area contributed by atoms with Gasteiger partial charge in [0.1, 0.15) is 12.1 Å². The number of amides is 2. The van der Waals surface area contributed by atoms with Gasteiger partial charge in [0.15, 0.2) is 0 Å². The second-order valence-electron chi connectivity index (χ2n) is 4.34. The first kappa shape index (κ1) is 14.7. The Kier molecular flexibility index (Phi) is 4.16. The van der Waals surface area contributed by atoms with Crippen LogP contribution < -0.4 is 10.9 Å². The number of carbonyl (C=O) groups is 2. The summed E-state index contributed by atoms with van der Waals surface area (Å²) in [6.45, 7) is -0.0328. The van der Waals surface area contributed by atoms with Crippen molar-refractivity contribution in [1.82, 2.24) is 25.8 Å². The summed E-state index contributed by atoms with van der Waals surface area (Å²) < 4.78 is 2.32. The van der Waals surface area contributed by atoms with E-state index in [1.165, 1.54) is 16.0 Å². The Bertz CT molecular complexity index is 844. The molecule has 0 aliphatic carbocycles. The number of hydrogen-bond acceptors (Lipinski definition) is 5. The molecule has 0 spiro atoms. The topological polar surface area (TPSA) is 88.9 Å². The van der Waals surface area contributed by atoms with Crippen LogP contribution in [0.25, 0.3) is 11.0 Å². The van der Waals surface area contributed by atoms with E-state index in [-0.39, 0.29) is 18.4 Å². The zero-order valence-electron chi connectivity index (χ0n) is 11.1. The smallest absolute Gasteiger partial charge is 0.271 e. The zero-order chi connectivity index (χ0) is 15.5. The summed E-state index contributed by atoms with van der Waals surface area (Å²) in [5, 5.41) is 7.87. The van der Waals surface area contributed by atoms with Crippen molar-refractivity contribution in [2.75, 3.05) is 0 Å². The van der Waals surface area contributed by atoms with Gasteiger partial charge < -0.3 is 0 Å². The number of rotatable bonds is 3. The minimum Gasteiger partial charge on any atom is -0.271 e. The summed E-state index contributed by atoms with van der Waals surface area (Å²) in [4.78, 5) is 24.2. The van der Waals surface area contributed by atoms with Gasteiger partial charge in [-0.15, -0.1) is 16.4 Å². The molecule has 3 aromatic rings. The number of nitrogens with zero attached hydrogens (tertiary/aromatic N) is 3. The van der Waals surface area contributed by atoms with E-state index in [2.05, 4.69) is 37.1 Å². The maximum absolute atomic E-state index is 11.9. The zero-order valence-corrected chi connectivity index (χ0v) is 13.5. The SMILES string of the molecule is O=C(Cn1nnc2ccccc21)NNC(=O)c1ccc(Br)s1. The van der Waals surface area contributed by atoms with Crippen molar-refractivity contribution in [3.63, 3.8) is 0 Å². The molecule has 0 aliphatic rings. The minimum atomic E-state index is -0.389. The number of hydrogen-bond donors (Lipinski definition) is 2. The van der Waals surface area contributed by atoms with Crippen molar-refractivity contribution >= 4 is 50.1 Å². The van der Waals surface area contributed by atoms with Crippen molar-refractivity contribution in [3.8, 4) is 0 Å². The molecule has 2 heterocycles. The van der Waals surface area contributed by atoms with E-state index in [4.69, 9.17) is 0 Å². The van der Waals surface area contributed by atoms with Crippen molar-refractivity contribution < 1.29 is 9.59 Å². The Hall–Kier alpha value is -2.26. The Labute approximate surface area is 137 Å². The highest BCUT2D eigenvalue weighted by molar-refractivity contribution is 9.11. The van der Waals surface area contributed by atoms with Crippen LogP contribution in [0.1, 0.15) is 9.67 Å². The summed E-state index contributed by atoms with van der Waals surface area (Å²) in [6.07, 6.45) is 0. The maximum atomic E-state index is 11.9. The van der Waals surface area contributed by atoms with Crippen molar-refractivity contribution in [2.45, 2.75) is 6.54 Å². The summed E-state index contributed by atoms with van der Waals surface area (Å²) in [5.41, 5.74) is 6.19. The molecule has 0 saturated heterocycles. The number of thiophene rings is 1. The molecule has 0 bridgehead atoms. The molecule has 0 aliphatic heterocycles. The molecule has 22 heavy (non-hydrogen) atoms. The van der Waals surface area contributed by atoms with Crippen LogP contribution in [0, 0.1) is 0 Å². The van der Waals surface area contributed by atoms with E-state index in [1.807, 2.05) is 24.3 Å². The molecule has 9 heteroatoms. The van der Waals surface area contributed by atoms with E-state index >= 15 is 0 Å². The van der Waals surface area contributed by atoms with Crippen LogP contribution >= 0.6 is 27.3 Å². The molecular weight excluding hydrogens is 370 g/mol. The second-order valence-corrected chi connectivity index (χ2v) is 6.80. The fraction of sp³-hybridized carbons (Fsp3) is 0.0769. The predicted octanol–water partition coefficient (Wildman–Crippen LogP) is 1.72. The fourth-order valence-corrected chi connectivity index (χ4v) is 3.12. The molecular formula is C13H10BrN5O2S. The number of para-hydroxylation sites is 1. The van der Waals surface area contributed by atoms with Gasteiger partial charge in [0.2, 0.25) is 0 Å². The van der Waals surface area contributed by atoms with Gasteiger partial charge in [-0.1, -0.05) is 17.3 Å². The Morgan fingerprint density at radius 2 is 2.00 bits per heavy atom. The standard InChI is InChI=1S/C13H10BrN5O2S/c14-11-6-5-10(22-11)13(21)17-16-12(20)7-19-9-4-2-1-3-8(9)15-18-19/h1-6H,7H2,(H,16,20)(H,17,21). The van der Waals surface area contributed by atoms with Crippen LogP contribution in [0.5, 0.6) is 0 Å².